The molecule has 0 fully saturated rings. The maximum absolute atomic E-state index is 12.7. The summed E-state index contributed by atoms with van der Waals surface area (Å²) in [5, 5.41) is 21.7. The smallest absolute Gasteiger partial charge is 0.335 e. The summed E-state index contributed by atoms with van der Waals surface area (Å²) in [5.41, 5.74) is 2.53. The Morgan fingerprint density at radius 2 is 1.96 bits per heavy atom. The van der Waals surface area contributed by atoms with Gasteiger partial charge >= 0.3 is 5.97 Å². The van der Waals surface area contributed by atoms with E-state index in [1.54, 1.807) is 17.0 Å². The van der Waals surface area contributed by atoms with Crippen molar-refractivity contribution in [3.05, 3.63) is 65.2 Å². The number of aliphatic hydroxyl groups excluding tert-OH is 1. The highest BCUT2D eigenvalue weighted by atomic mass is 16.4. The van der Waals surface area contributed by atoms with E-state index < -0.39 is 12.0 Å². The van der Waals surface area contributed by atoms with Crippen molar-refractivity contribution in [2.45, 2.75) is 19.1 Å². The Labute approximate surface area is 139 Å². The van der Waals surface area contributed by atoms with Crippen LogP contribution in [-0.4, -0.2) is 39.6 Å². The molecule has 6 heteroatoms. The Morgan fingerprint density at radius 3 is 2.62 bits per heavy atom. The van der Waals surface area contributed by atoms with Crippen LogP contribution in [0.4, 0.5) is 5.69 Å². The first kappa shape index (κ1) is 16.0. The average molecular weight is 326 g/mol. The van der Waals surface area contributed by atoms with E-state index in [9.17, 15) is 14.7 Å². The van der Waals surface area contributed by atoms with Gasteiger partial charge in [0.05, 0.1) is 12.2 Å². The van der Waals surface area contributed by atoms with Gasteiger partial charge in [-0.15, -0.1) is 0 Å². The Kier molecular flexibility index (Phi) is 4.48. The molecular formula is C18H18N2O4. The Bertz CT molecular complexity index is 761. The number of nitrogens with zero attached hydrogens (tertiary/aromatic N) is 1. The van der Waals surface area contributed by atoms with Crippen molar-refractivity contribution in [2.24, 2.45) is 0 Å². The van der Waals surface area contributed by atoms with E-state index in [0.29, 0.717) is 12.2 Å². The molecule has 0 saturated heterocycles. The van der Waals surface area contributed by atoms with Crippen molar-refractivity contribution in [1.82, 2.24) is 4.90 Å². The van der Waals surface area contributed by atoms with Crippen molar-refractivity contribution < 1.29 is 19.8 Å². The zero-order valence-electron chi connectivity index (χ0n) is 13.0. The molecule has 1 aliphatic rings. The van der Waals surface area contributed by atoms with Crippen molar-refractivity contribution in [3.8, 4) is 0 Å². The summed E-state index contributed by atoms with van der Waals surface area (Å²) in [5.74, 6) is -1.23. The number of rotatable bonds is 4. The molecule has 0 spiro atoms. The summed E-state index contributed by atoms with van der Waals surface area (Å²) in [6, 6.07) is 13.5. The number of carbonyl (C=O) groups is 2. The van der Waals surface area contributed by atoms with Gasteiger partial charge in [-0.1, -0.05) is 30.3 Å². The van der Waals surface area contributed by atoms with Crippen LogP contribution in [0, 0.1) is 0 Å². The maximum Gasteiger partial charge on any atom is 0.335 e. The van der Waals surface area contributed by atoms with Crippen LogP contribution in [0.15, 0.2) is 48.5 Å². The fourth-order valence-corrected chi connectivity index (χ4v) is 2.81. The summed E-state index contributed by atoms with van der Waals surface area (Å²) in [6.07, 6.45) is 0. The minimum atomic E-state index is -1.01. The third-order valence-electron chi connectivity index (χ3n) is 4.05. The van der Waals surface area contributed by atoms with Gasteiger partial charge in [-0.3, -0.25) is 4.79 Å². The second-order valence-electron chi connectivity index (χ2n) is 5.74. The highest BCUT2D eigenvalue weighted by Crippen LogP contribution is 2.25. The number of anilines is 1. The lowest BCUT2D eigenvalue weighted by atomic mass is 10.1. The Morgan fingerprint density at radius 1 is 1.21 bits per heavy atom. The second kappa shape index (κ2) is 6.72. The number of fused-ring (bicyclic) bond motifs is 1. The normalized spacial score (nSPS) is 17.0. The first-order valence-electron chi connectivity index (χ1n) is 7.65. The molecule has 0 aliphatic carbocycles. The number of amides is 1. The van der Waals surface area contributed by atoms with Gasteiger partial charge in [-0.25, -0.2) is 4.79 Å². The number of hydrogen-bond acceptors (Lipinski definition) is 4. The van der Waals surface area contributed by atoms with Crippen molar-refractivity contribution in [2.75, 3.05) is 11.9 Å². The Hall–Kier alpha value is -2.86. The zero-order valence-corrected chi connectivity index (χ0v) is 13.0. The first-order valence-corrected chi connectivity index (χ1v) is 7.65. The molecule has 1 amide bonds. The lowest BCUT2D eigenvalue weighted by Gasteiger charge is -2.23. The summed E-state index contributed by atoms with van der Waals surface area (Å²) in [6.45, 7) is 0.354. The third-order valence-corrected chi connectivity index (χ3v) is 4.05. The molecular weight excluding hydrogens is 308 g/mol. The molecule has 6 nitrogen and oxygen atoms in total. The first-order chi connectivity index (χ1) is 11.6. The van der Waals surface area contributed by atoms with E-state index in [4.69, 9.17) is 5.11 Å². The molecule has 0 bridgehead atoms. The van der Waals surface area contributed by atoms with Gasteiger partial charge in [0.2, 0.25) is 5.91 Å². The monoisotopic (exact) mass is 326 g/mol. The van der Waals surface area contributed by atoms with E-state index in [2.05, 4.69) is 5.32 Å². The number of carbonyl (C=O) groups excluding carboxylic acids is 1. The van der Waals surface area contributed by atoms with Crippen LogP contribution < -0.4 is 5.32 Å². The molecule has 1 heterocycles. The molecule has 0 radical (unpaired) electrons. The highest BCUT2D eigenvalue weighted by molar-refractivity contribution is 5.90. The van der Waals surface area contributed by atoms with E-state index in [1.807, 2.05) is 30.3 Å². The zero-order chi connectivity index (χ0) is 17.1. The van der Waals surface area contributed by atoms with Gasteiger partial charge in [-0.2, -0.15) is 0 Å². The SMILES string of the molecule is O=C(O)c1ccc2c(c1)CN(Cc1ccccc1)C(=O)[C@@H](CO)N2. The standard InChI is InChI=1S/C18H18N2O4/c21-11-16-17(22)20(9-12-4-2-1-3-5-12)10-14-8-13(18(23)24)6-7-15(14)19-16/h1-8,16,19,21H,9-11H2,(H,23,24)/t16-/m1/s1. The third kappa shape index (κ3) is 3.23. The molecule has 3 rings (SSSR count). The van der Waals surface area contributed by atoms with Crippen LogP contribution in [-0.2, 0) is 17.9 Å². The number of nitrogens with one attached hydrogen (secondary N) is 1. The fourth-order valence-electron chi connectivity index (χ4n) is 2.81. The molecule has 2 aromatic carbocycles. The van der Waals surface area contributed by atoms with Gasteiger partial charge in [0.25, 0.3) is 0 Å². The van der Waals surface area contributed by atoms with Gasteiger partial charge in [0.15, 0.2) is 0 Å². The summed E-state index contributed by atoms with van der Waals surface area (Å²) in [7, 11) is 0. The molecule has 1 aliphatic heterocycles. The Balaban J connectivity index is 1.95. The molecule has 24 heavy (non-hydrogen) atoms. The lowest BCUT2D eigenvalue weighted by Crippen LogP contribution is -2.42. The lowest BCUT2D eigenvalue weighted by molar-refractivity contribution is -0.133. The number of aliphatic hydroxyl groups is 1. The van der Waals surface area contributed by atoms with Crippen LogP contribution in [0.3, 0.4) is 0 Å². The fraction of sp³-hybridized carbons (Fsp3) is 0.222. The number of hydrogen-bond donors (Lipinski definition) is 3. The number of aromatic carboxylic acids is 1. The molecule has 0 unspecified atom stereocenters. The maximum atomic E-state index is 12.7. The molecule has 124 valence electrons. The van der Waals surface area contributed by atoms with E-state index >= 15 is 0 Å². The second-order valence-corrected chi connectivity index (χ2v) is 5.74. The molecule has 3 N–H and O–H groups in total. The number of benzene rings is 2. The van der Waals surface area contributed by atoms with Crippen molar-refractivity contribution in [3.63, 3.8) is 0 Å². The predicted molar refractivity (Wildman–Crippen MR) is 88.6 cm³/mol. The van der Waals surface area contributed by atoms with Gasteiger partial charge in [0.1, 0.15) is 6.04 Å². The van der Waals surface area contributed by atoms with Gasteiger partial charge < -0.3 is 20.4 Å². The van der Waals surface area contributed by atoms with Crippen molar-refractivity contribution >= 4 is 17.6 Å². The van der Waals surface area contributed by atoms with Crippen LogP contribution in [0.1, 0.15) is 21.5 Å². The van der Waals surface area contributed by atoms with E-state index in [0.717, 1.165) is 11.1 Å². The number of carboxylic acid groups (broad SMARTS) is 1. The molecule has 1 atom stereocenters. The number of carboxylic acids is 1. The summed E-state index contributed by atoms with van der Waals surface area (Å²) >= 11 is 0. The predicted octanol–water partition coefficient (Wildman–Crippen LogP) is 1.70. The van der Waals surface area contributed by atoms with E-state index in [1.165, 1.54) is 6.07 Å². The molecule has 0 aromatic heterocycles. The highest BCUT2D eigenvalue weighted by Gasteiger charge is 2.29. The summed E-state index contributed by atoms with van der Waals surface area (Å²) in [4.78, 5) is 25.5. The summed E-state index contributed by atoms with van der Waals surface area (Å²) < 4.78 is 0. The van der Waals surface area contributed by atoms with Crippen LogP contribution >= 0.6 is 0 Å². The molecule has 2 aromatic rings. The minimum absolute atomic E-state index is 0.171. The topological polar surface area (TPSA) is 89.9 Å². The van der Waals surface area contributed by atoms with Crippen molar-refractivity contribution in [1.29, 1.82) is 0 Å². The molecule has 0 saturated carbocycles. The minimum Gasteiger partial charge on any atom is -0.478 e. The van der Waals surface area contributed by atoms with Crippen LogP contribution in [0.5, 0.6) is 0 Å². The van der Waals surface area contributed by atoms with Gasteiger partial charge in [0, 0.05) is 18.8 Å². The van der Waals surface area contributed by atoms with Crippen LogP contribution in [0.25, 0.3) is 0 Å². The quantitative estimate of drug-likeness (QED) is 0.796. The van der Waals surface area contributed by atoms with Gasteiger partial charge in [-0.05, 0) is 29.3 Å². The largest absolute Gasteiger partial charge is 0.478 e. The van der Waals surface area contributed by atoms with E-state index in [-0.39, 0.29) is 24.6 Å². The average Bonchev–Trinajstić information content (AvgIpc) is 2.72. The van der Waals surface area contributed by atoms with Crippen LogP contribution in [0.2, 0.25) is 0 Å².